The van der Waals surface area contributed by atoms with E-state index in [1.165, 1.54) is 57.8 Å². The highest BCUT2D eigenvalue weighted by Gasteiger charge is 2.25. The molecule has 0 aromatic rings. The van der Waals surface area contributed by atoms with Crippen molar-refractivity contribution in [1.82, 2.24) is 9.80 Å². The molecule has 3 heteroatoms. The van der Waals surface area contributed by atoms with Crippen LogP contribution in [0.4, 0.5) is 4.79 Å². The Morgan fingerprint density at radius 3 is 2.06 bits per heavy atom. The third kappa shape index (κ3) is 3.36. The summed E-state index contributed by atoms with van der Waals surface area (Å²) in [4.78, 5) is 16.4. The highest BCUT2D eigenvalue weighted by Crippen LogP contribution is 2.22. The summed E-state index contributed by atoms with van der Waals surface area (Å²) >= 11 is 0. The van der Waals surface area contributed by atoms with E-state index in [9.17, 15) is 4.79 Å². The van der Waals surface area contributed by atoms with Gasteiger partial charge >= 0.3 is 6.03 Å². The minimum atomic E-state index is 0.275. The number of hydrogen-bond donors (Lipinski definition) is 0. The lowest BCUT2D eigenvalue weighted by molar-refractivity contribution is 0.133. The van der Waals surface area contributed by atoms with E-state index < -0.39 is 0 Å². The zero-order valence-corrected chi connectivity index (χ0v) is 11.2. The van der Waals surface area contributed by atoms with Crippen molar-refractivity contribution in [2.24, 2.45) is 0 Å². The van der Waals surface area contributed by atoms with Crippen molar-refractivity contribution >= 4 is 6.03 Å². The molecule has 17 heavy (non-hydrogen) atoms. The molecule has 1 aliphatic heterocycles. The van der Waals surface area contributed by atoms with Gasteiger partial charge in [0.25, 0.3) is 0 Å². The molecular formula is C14H26N2O. The Bertz CT molecular complexity index is 241. The van der Waals surface area contributed by atoms with Gasteiger partial charge in [0.2, 0.25) is 0 Å². The first-order chi connectivity index (χ1) is 8.29. The average Bonchev–Trinajstić information content (AvgIpc) is 2.67. The van der Waals surface area contributed by atoms with Crippen LogP contribution in [-0.2, 0) is 0 Å². The van der Waals surface area contributed by atoms with Gasteiger partial charge in [-0.2, -0.15) is 0 Å². The minimum absolute atomic E-state index is 0.275. The van der Waals surface area contributed by atoms with Crippen LogP contribution in [0.25, 0.3) is 0 Å². The normalized spacial score (nSPS) is 23.2. The predicted molar refractivity (Wildman–Crippen MR) is 70.1 cm³/mol. The molecular weight excluding hydrogens is 212 g/mol. The van der Waals surface area contributed by atoms with E-state index in [2.05, 4.69) is 0 Å². The maximum atomic E-state index is 12.4. The molecule has 0 radical (unpaired) electrons. The van der Waals surface area contributed by atoms with Crippen LogP contribution in [0, 0.1) is 0 Å². The van der Waals surface area contributed by atoms with Crippen LogP contribution >= 0.6 is 0 Å². The van der Waals surface area contributed by atoms with Gasteiger partial charge in [-0.15, -0.1) is 0 Å². The highest BCUT2D eigenvalue weighted by atomic mass is 16.2. The standard InChI is InChI=1S/C14H26N2O/c1-15(13-9-5-2-3-6-10-13)14(17)16-11-7-4-8-12-16/h13H,2-12H2,1H3. The molecule has 0 spiro atoms. The molecule has 2 amide bonds. The monoisotopic (exact) mass is 238 g/mol. The minimum Gasteiger partial charge on any atom is -0.325 e. The number of nitrogens with zero attached hydrogens (tertiary/aromatic N) is 2. The number of amides is 2. The molecule has 0 aromatic heterocycles. The zero-order valence-electron chi connectivity index (χ0n) is 11.2. The summed E-state index contributed by atoms with van der Waals surface area (Å²) in [5, 5.41) is 0. The van der Waals surface area contributed by atoms with Crippen LogP contribution in [0.2, 0.25) is 0 Å². The first-order valence-electron chi connectivity index (χ1n) is 7.31. The molecule has 1 saturated heterocycles. The second-order valence-electron chi connectivity index (χ2n) is 5.59. The van der Waals surface area contributed by atoms with E-state index in [1.807, 2.05) is 16.8 Å². The van der Waals surface area contributed by atoms with Crippen molar-refractivity contribution in [3.05, 3.63) is 0 Å². The molecule has 0 unspecified atom stereocenters. The number of hydrogen-bond acceptors (Lipinski definition) is 1. The summed E-state index contributed by atoms with van der Waals surface area (Å²) in [5.41, 5.74) is 0. The lowest BCUT2D eigenvalue weighted by Gasteiger charge is -2.35. The van der Waals surface area contributed by atoms with Gasteiger partial charge in [0, 0.05) is 26.2 Å². The Hall–Kier alpha value is -0.730. The maximum absolute atomic E-state index is 12.4. The second-order valence-corrected chi connectivity index (χ2v) is 5.59. The van der Waals surface area contributed by atoms with E-state index in [1.54, 1.807) is 0 Å². The zero-order chi connectivity index (χ0) is 12.1. The van der Waals surface area contributed by atoms with Crippen molar-refractivity contribution in [1.29, 1.82) is 0 Å². The number of urea groups is 1. The Labute approximate surface area is 105 Å². The molecule has 1 saturated carbocycles. The molecule has 2 aliphatic rings. The Morgan fingerprint density at radius 2 is 1.47 bits per heavy atom. The van der Waals surface area contributed by atoms with Gasteiger partial charge in [-0.3, -0.25) is 0 Å². The van der Waals surface area contributed by atoms with Crippen LogP contribution in [0.15, 0.2) is 0 Å². The second kappa shape index (κ2) is 6.27. The van der Waals surface area contributed by atoms with Crippen LogP contribution in [0.5, 0.6) is 0 Å². The Balaban J connectivity index is 1.88. The van der Waals surface area contributed by atoms with Gasteiger partial charge < -0.3 is 9.80 Å². The highest BCUT2D eigenvalue weighted by molar-refractivity contribution is 5.74. The fraction of sp³-hybridized carbons (Fsp3) is 0.929. The van der Waals surface area contributed by atoms with Gasteiger partial charge in [-0.05, 0) is 32.1 Å². The number of likely N-dealkylation sites (tertiary alicyclic amines) is 1. The van der Waals surface area contributed by atoms with E-state index >= 15 is 0 Å². The van der Waals surface area contributed by atoms with Gasteiger partial charge in [-0.1, -0.05) is 25.7 Å². The molecule has 0 atom stereocenters. The molecule has 1 heterocycles. The van der Waals surface area contributed by atoms with Gasteiger partial charge in [-0.25, -0.2) is 4.79 Å². The molecule has 0 N–H and O–H groups in total. The summed E-state index contributed by atoms with van der Waals surface area (Å²) in [6.07, 6.45) is 11.4. The SMILES string of the molecule is CN(C(=O)N1CCCCC1)C1CCCCCC1. The van der Waals surface area contributed by atoms with Crippen LogP contribution in [-0.4, -0.2) is 42.0 Å². The first-order valence-corrected chi connectivity index (χ1v) is 7.31. The summed E-state index contributed by atoms with van der Waals surface area (Å²) in [5.74, 6) is 0. The average molecular weight is 238 g/mol. The quantitative estimate of drug-likeness (QED) is 0.643. The number of rotatable bonds is 1. The molecule has 2 rings (SSSR count). The van der Waals surface area contributed by atoms with Crippen LogP contribution in [0.1, 0.15) is 57.8 Å². The Morgan fingerprint density at radius 1 is 0.941 bits per heavy atom. The van der Waals surface area contributed by atoms with Gasteiger partial charge in [0.15, 0.2) is 0 Å². The fourth-order valence-electron chi connectivity index (χ4n) is 3.11. The van der Waals surface area contributed by atoms with E-state index in [0.29, 0.717) is 6.04 Å². The molecule has 3 nitrogen and oxygen atoms in total. The van der Waals surface area contributed by atoms with E-state index in [-0.39, 0.29) is 6.03 Å². The number of carbonyl (C=O) groups is 1. The van der Waals surface area contributed by atoms with Gasteiger partial charge in [0.05, 0.1) is 0 Å². The largest absolute Gasteiger partial charge is 0.325 e. The molecule has 0 aromatic carbocycles. The predicted octanol–water partition coefficient (Wildman–Crippen LogP) is 3.25. The van der Waals surface area contributed by atoms with Crippen molar-refractivity contribution in [3.8, 4) is 0 Å². The molecule has 98 valence electrons. The van der Waals surface area contributed by atoms with Crippen molar-refractivity contribution in [2.45, 2.75) is 63.8 Å². The molecule has 1 aliphatic carbocycles. The van der Waals surface area contributed by atoms with Crippen LogP contribution < -0.4 is 0 Å². The summed E-state index contributed by atoms with van der Waals surface area (Å²) in [6, 6.07) is 0.767. The lowest BCUT2D eigenvalue weighted by Crippen LogP contribution is -2.47. The van der Waals surface area contributed by atoms with Crippen molar-refractivity contribution in [3.63, 3.8) is 0 Å². The lowest BCUT2D eigenvalue weighted by atomic mass is 10.1. The summed E-state index contributed by atoms with van der Waals surface area (Å²) < 4.78 is 0. The van der Waals surface area contributed by atoms with Gasteiger partial charge in [0.1, 0.15) is 0 Å². The summed E-state index contributed by atoms with van der Waals surface area (Å²) in [6.45, 7) is 1.94. The topological polar surface area (TPSA) is 23.6 Å². The number of piperidine rings is 1. The van der Waals surface area contributed by atoms with E-state index in [0.717, 1.165) is 13.1 Å². The third-order valence-corrected chi connectivity index (χ3v) is 4.30. The summed E-state index contributed by atoms with van der Waals surface area (Å²) in [7, 11) is 2.01. The fourth-order valence-corrected chi connectivity index (χ4v) is 3.11. The maximum Gasteiger partial charge on any atom is 0.319 e. The molecule has 0 bridgehead atoms. The van der Waals surface area contributed by atoms with Crippen molar-refractivity contribution < 1.29 is 4.79 Å². The van der Waals surface area contributed by atoms with E-state index in [4.69, 9.17) is 0 Å². The first kappa shape index (κ1) is 12.7. The smallest absolute Gasteiger partial charge is 0.319 e. The third-order valence-electron chi connectivity index (χ3n) is 4.30. The number of carbonyl (C=O) groups excluding carboxylic acids is 1. The Kier molecular flexibility index (Phi) is 4.69. The van der Waals surface area contributed by atoms with Crippen LogP contribution in [0.3, 0.4) is 0 Å². The molecule has 2 fully saturated rings. The van der Waals surface area contributed by atoms with Crippen molar-refractivity contribution in [2.75, 3.05) is 20.1 Å².